The number of nitrogens with two attached hydrogens (primary N) is 1. The first kappa shape index (κ1) is 63.9. The molecular weight excluding hydrogens is 1120 g/mol. The molecule has 11 rings (SSSR count). The highest BCUT2D eigenvalue weighted by Crippen LogP contribution is 2.34. The number of allylic oxidation sites excluding steroid dienone is 1. The molecule has 1 aliphatic rings. The van der Waals surface area contributed by atoms with E-state index in [9.17, 15) is 18.4 Å². The Morgan fingerprint density at radius 3 is 1.97 bits per heavy atom. The summed E-state index contributed by atoms with van der Waals surface area (Å²) in [6.07, 6.45) is 8.18. The molecule has 0 saturated carbocycles. The molecule has 24 heteroatoms. The molecule has 3 aromatic carbocycles. The lowest BCUT2D eigenvalue weighted by Crippen LogP contribution is -2.53. The van der Waals surface area contributed by atoms with Crippen molar-refractivity contribution in [2.75, 3.05) is 59.7 Å². The molecule has 88 heavy (non-hydrogen) atoms. The maximum Gasteiger partial charge on any atom is 0.321 e. The molecule has 0 spiro atoms. The van der Waals surface area contributed by atoms with E-state index in [2.05, 4.69) is 68.9 Å². The molecule has 1 saturated heterocycles. The Morgan fingerprint density at radius 1 is 0.750 bits per heavy atom. The lowest BCUT2D eigenvalue weighted by atomic mass is 9.91. The smallest absolute Gasteiger partial charge is 0.321 e. The molecule has 1 unspecified atom stereocenters. The van der Waals surface area contributed by atoms with Crippen LogP contribution in [0.3, 0.4) is 0 Å². The molecule has 4 N–H and O–H groups in total. The van der Waals surface area contributed by atoms with Crippen LogP contribution in [0.1, 0.15) is 66.1 Å². The summed E-state index contributed by atoms with van der Waals surface area (Å²) >= 11 is 0. The summed E-state index contributed by atoms with van der Waals surface area (Å²) in [5, 5.41) is 14.9. The van der Waals surface area contributed by atoms with Crippen molar-refractivity contribution in [3.05, 3.63) is 147 Å². The van der Waals surface area contributed by atoms with Gasteiger partial charge in [0.05, 0.1) is 22.7 Å². The van der Waals surface area contributed by atoms with Crippen LogP contribution in [0.25, 0.3) is 44.3 Å². The second kappa shape index (κ2) is 29.3. The van der Waals surface area contributed by atoms with Crippen molar-refractivity contribution in [1.82, 2.24) is 64.3 Å². The van der Waals surface area contributed by atoms with Gasteiger partial charge < -0.3 is 40.5 Å². The second-order valence-electron chi connectivity index (χ2n) is 20.5. The fourth-order valence-corrected chi connectivity index (χ4v) is 9.87. The predicted octanol–water partition coefficient (Wildman–Crippen LogP) is 12.2. The number of nitrogens with zero attached hydrogens (tertiary/aromatic N) is 15. The number of alkyl halides is 2. The van der Waals surface area contributed by atoms with Gasteiger partial charge >= 0.3 is 6.55 Å². The summed E-state index contributed by atoms with van der Waals surface area (Å²) in [5.74, 6) is 4.82. The summed E-state index contributed by atoms with van der Waals surface area (Å²) in [4.78, 5) is 66.3. The molecule has 7 aromatic heterocycles. The normalized spacial score (nSPS) is 13.2. The number of ether oxygens (including phenoxy) is 2. The van der Waals surface area contributed by atoms with E-state index in [1.165, 1.54) is 31.0 Å². The molecule has 8 heterocycles. The fourth-order valence-electron chi connectivity index (χ4n) is 9.87. The van der Waals surface area contributed by atoms with E-state index >= 15 is 0 Å². The van der Waals surface area contributed by atoms with Gasteiger partial charge in [0.15, 0.2) is 23.1 Å². The standard InChI is InChI=1S/C31H35N9O2.C29H27F2N9O2.2C2H6/c1-6-27(41)23(19(2)3)17-40(14-13-32)29-12-9-24-30(36-29)31(34-18-33-24)35-21-7-11-28(20(4)15-21)42-22-8-10-26-25(16-22)37-38-39(26)5;1-4-25(41)39-10-9-38(14-18(39)3)24-8-6-21-26(37-24)27(34-15-33-21)36-19-5-7-23(17(2)11-19)42-20-12-22-28(32-13-20)40(16-35-22)29(30)31;2*1-2/h6-12,15-16,18-19,23H,1,13-14,17,32H2,2-5H3,(H,33,34,35);4-8,11-13,15-16,18,29H,1,9-10,14H2,2-3H3,(H,33,34,36);2*1-2H3/t;18-;;/m.1../s1. The molecule has 458 valence electrons. The predicted molar refractivity (Wildman–Crippen MR) is 342 cm³/mol. The number of aryl methyl sites for hydroxylation is 3. The van der Waals surface area contributed by atoms with Gasteiger partial charge in [0.1, 0.15) is 75.7 Å². The average Bonchev–Trinajstić information content (AvgIpc) is 3.63. The van der Waals surface area contributed by atoms with Crippen LogP contribution in [-0.2, 0) is 16.6 Å². The number of anilines is 6. The van der Waals surface area contributed by atoms with Crippen molar-refractivity contribution < 1.29 is 27.8 Å². The molecule has 0 radical (unpaired) electrons. The summed E-state index contributed by atoms with van der Waals surface area (Å²) in [6.45, 7) is 25.8. The van der Waals surface area contributed by atoms with Crippen LogP contribution >= 0.6 is 0 Å². The van der Waals surface area contributed by atoms with E-state index in [0.717, 1.165) is 51.4 Å². The van der Waals surface area contributed by atoms with Crippen LogP contribution in [-0.4, -0.2) is 121 Å². The van der Waals surface area contributed by atoms with Gasteiger partial charge in [-0.25, -0.2) is 44.6 Å². The van der Waals surface area contributed by atoms with Gasteiger partial charge in [-0.05, 0) is 123 Å². The SMILES string of the molecule is C=CC(=O)C(CN(CCN)c1ccc2ncnc(Nc3ccc(Oc4ccc5c(c4)nnn5C)c(C)c3)c2n1)C(C)C.C=CC(=O)N1CCN(c2ccc3ncnc(Nc4ccc(Oc5cnc6c(c5)ncn6C(F)F)c(C)c4)c3n2)C[C@H]1C.CC.CC. The number of hydrogen-bond acceptors (Lipinski definition) is 19. The molecule has 0 aliphatic carbocycles. The third-order valence-corrected chi connectivity index (χ3v) is 14.4. The topological polar surface area (TPSA) is 251 Å². The number of carbonyl (C=O) groups is 2. The zero-order valence-corrected chi connectivity index (χ0v) is 51.2. The van der Waals surface area contributed by atoms with E-state index in [4.69, 9.17) is 25.2 Å². The lowest BCUT2D eigenvalue weighted by Gasteiger charge is -2.40. The molecular formula is C64H74F2N18O4. The number of hydrogen-bond donors (Lipinski definition) is 3. The number of halogens is 2. The van der Waals surface area contributed by atoms with Gasteiger partial charge in [-0.15, -0.1) is 5.10 Å². The van der Waals surface area contributed by atoms with Gasteiger partial charge in [0.25, 0.3) is 0 Å². The van der Waals surface area contributed by atoms with Crippen molar-refractivity contribution in [3.63, 3.8) is 0 Å². The van der Waals surface area contributed by atoms with Crippen molar-refractivity contribution in [1.29, 1.82) is 0 Å². The summed E-state index contributed by atoms with van der Waals surface area (Å²) in [5.41, 5.74) is 14.0. The van der Waals surface area contributed by atoms with Crippen molar-refractivity contribution in [3.8, 4) is 23.0 Å². The van der Waals surface area contributed by atoms with E-state index in [1.54, 1.807) is 16.8 Å². The number of carbonyl (C=O) groups excluding carboxylic acids is 2. The number of amides is 1. The van der Waals surface area contributed by atoms with Crippen molar-refractivity contribution in [2.45, 2.75) is 74.9 Å². The maximum atomic E-state index is 13.1. The number of rotatable bonds is 19. The van der Waals surface area contributed by atoms with Crippen LogP contribution in [0.15, 0.2) is 135 Å². The van der Waals surface area contributed by atoms with Crippen molar-refractivity contribution >= 4 is 90.6 Å². The zero-order chi connectivity index (χ0) is 63.2. The quantitative estimate of drug-likeness (QED) is 0.0636. The number of aromatic nitrogens is 12. The number of nitrogens with one attached hydrogen (secondary N) is 2. The molecule has 1 fully saturated rings. The highest BCUT2D eigenvalue weighted by atomic mass is 19.3. The van der Waals surface area contributed by atoms with Crippen LogP contribution in [0.2, 0.25) is 0 Å². The van der Waals surface area contributed by atoms with Gasteiger partial charge in [-0.1, -0.05) is 59.9 Å². The van der Waals surface area contributed by atoms with Gasteiger partial charge in [0, 0.05) is 81.8 Å². The highest BCUT2D eigenvalue weighted by Gasteiger charge is 2.28. The summed E-state index contributed by atoms with van der Waals surface area (Å²) in [7, 11) is 1.85. The number of piperazine rings is 1. The molecule has 10 aromatic rings. The first-order valence-electron chi connectivity index (χ1n) is 29.1. The van der Waals surface area contributed by atoms with E-state index < -0.39 is 6.55 Å². The first-order valence-corrected chi connectivity index (χ1v) is 29.1. The largest absolute Gasteiger partial charge is 0.457 e. The third kappa shape index (κ3) is 14.8. The van der Waals surface area contributed by atoms with Gasteiger partial charge in [0.2, 0.25) is 5.91 Å². The van der Waals surface area contributed by atoms with Crippen LogP contribution in [0.4, 0.5) is 43.4 Å². The minimum absolute atomic E-state index is 0.00980. The fraction of sp³-hybridized carbons (Fsp3) is 0.312. The van der Waals surface area contributed by atoms with Gasteiger partial charge in [-0.3, -0.25) is 14.2 Å². The Hall–Kier alpha value is -10.1. The van der Waals surface area contributed by atoms with Crippen LogP contribution in [0.5, 0.6) is 23.0 Å². The minimum Gasteiger partial charge on any atom is -0.457 e. The number of pyridine rings is 3. The third-order valence-electron chi connectivity index (χ3n) is 14.4. The number of benzene rings is 3. The highest BCUT2D eigenvalue weighted by molar-refractivity contribution is 5.92. The Bertz CT molecular complexity index is 4080. The maximum absolute atomic E-state index is 13.1. The lowest BCUT2D eigenvalue weighted by molar-refractivity contribution is -0.128. The number of fused-ring (bicyclic) bond motifs is 4. The second-order valence-corrected chi connectivity index (χ2v) is 20.5. The monoisotopic (exact) mass is 1200 g/mol. The van der Waals surface area contributed by atoms with Crippen LogP contribution in [0, 0.1) is 25.7 Å². The first-order chi connectivity index (χ1) is 42.6. The van der Waals surface area contributed by atoms with Crippen LogP contribution < -0.4 is 35.6 Å². The van der Waals surface area contributed by atoms with E-state index in [0.29, 0.717) is 106 Å². The molecule has 1 amide bonds. The Balaban J connectivity index is 0.000000216. The average molecular weight is 1200 g/mol. The Kier molecular flexibility index (Phi) is 21.3. The van der Waals surface area contributed by atoms with Crippen molar-refractivity contribution in [2.24, 2.45) is 24.6 Å². The van der Waals surface area contributed by atoms with E-state index in [1.807, 2.05) is 152 Å². The number of ketones is 1. The van der Waals surface area contributed by atoms with Gasteiger partial charge in [-0.2, -0.15) is 8.78 Å². The molecule has 22 nitrogen and oxygen atoms in total. The minimum atomic E-state index is -2.72. The molecule has 0 bridgehead atoms. The Morgan fingerprint density at radius 2 is 1.38 bits per heavy atom. The van der Waals surface area contributed by atoms with E-state index in [-0.39, 0.29) is 35.2 Å². The molecule has 1 aliphatic heterocycles. The summed E-state index contributed by atoms with van der Waals surface area (Å²) < 4.78 is 40.8. The zero-order valence-electron chi connectivity index (χ0n) is 51.2. The molecule has 2 atom stereocenters. The number of imidazole rings is 1. The Labute approximate surface area is 509 Å². The summed E-state index contributed by atoms with van der Waals surface area (Å²) in [6, 6.07) is 26.3.